The average molecular weight is 816 g/mol. The number of benzene rings is 10. The molecule has 0 bridgehead atoms. The highest BCUT2D eigenvalue weighted by atomic mass is 16.3. The summed E-state index contributed by atoms with van der Waals surface area (Å²) in [7, 11) is 0. The van der Waals surface area contributed by atoms with Crippen molar-refractivity contribution in [1.29, 1.82) is 0 Å². The molecule has 0 aliphatic carbocycles. The highest BCUT2D eigenvalue weighted by molar-refractivity contribution is 6.26. The second-order valence-corrected chi connectivity index (χ2v) is 16.9. The molecule has 4 nitrogen and oxygen atoms in total. The monoisotopic (exact) mass is 815 g/mol. The minimum atomic E-state index is 0.881. The third kappa shape index (κ3) is 4.99. The largest absolute Gasteiger partial charge is 0.456 e. The number of hydrogen-bond donors (Lipinski definition) is 0. The van der Waals surface area contributed by atoms with E-state index < -0.39 is 0 Å². The summed E-state index contributed by atoms with van der Waals surface area (Å²) in [6.45, 7) is 0. The SMILES string of the molecule is c1ccc(-n2c3ccccc3c3cc(-c4cccc5oc6ccc(-c7ccc8c(c7)c7ccc9c(c%10ccccc%10n9-c9ccccc9)c7n8-c7ccccc7)cc6c45)ccc32)cc1. The second-order valence-electron chi connectivity index (χ2n) is 16.9. The highest BCUT2D eigenvalue weighted by Gasteiger charge is 2.22. The van der Waals surface area contributed by atoms with Gasteiger partial charge in [0.1, 0.15) is 11.2 Å². The zero-order chi connectivity index (χ0) is 41.9. The van der Waals surface area contributed by atoms with Crippen molar-refractivity contribution < 1.29 is 4.42 Å². The van der Waals surface area contributed by atoms with E-state index in [-0.39, 0.29) is 0 Å². The maximum Gasteiger partial charge on any atom is 0.136 e. The molecule has 4 heterocycles. The molecule has 4 heteroatoms. The first-order valence-corrected chi connectivity index (χ1v) is 21.9. The van der Waals surface area contributed by atoms with Gasteiger partial charge in [-0.3, -0.25) is 0 Å². The van der Waals surface area contributed by atoms with E-state index in [1.54, 1.807) is 0 Å². The van der Waals surface area contributed by atoms with Gasteiger partial charge in [0.15, 0.2) is 0 Å². The lowest BCUT2D eigenvalue weighted by Gasteiger charge is -2.10. The third-order valence-electron chi connectivity index (χ3n) is 13.4. The highest BCUT2D eigenvalue weighted by Crippen LogP contribution is 2.45. The number of furan rings is 1. The molecule has 0 amide bonds. The van der Waals surface area contributed by atoms with Crippen LogP contribution in [0.25, 0.3) is 127 Å². The first-order chi connectivity index (χ1) is 31.8. The van der Waals surface area contributed by atoms with Gasteiger partial charge < -0.3 is 18.1 Å². The Morgan fingerprint density at radius 3 is 1.48 bits per heavy atom. The normalized spacial score (nSPS) is 12.1. The molecule has 4 aromatic heterocycles. The molecule has 0 fully saturated rings. The Kier molecular flexibility index (Phi) is 7.36. The minimum Gasteiger partial charge on any atom is -0.456 e. The molecule has 298 valence electrons. The van der Waals surface area contributed by atoms with Crippen molar-refractivity contribution in [2.75, 3.05) is 0 Å². The molecule has 0 saturated heterocycles. The predicted octanol–water partition coefficient (Wildman–Crippen LogP) is 16.2. The van der Waals surface area contributed by atoms with Crippen molar-refractivity contribution in [3.8, 4) is 39.3 Å². The number of para-hydroxylation sites is 5. The molecule has 64 heavy (non-hydrogen) atoms. The Morgan fingerprint density at radius 1 is 0.266 bits per heavy atom. The van der Waals surface area contributed by atoms with Crippen molar-refractivity contribution in [2.45, 2.75) is 0 Å². The van der Waals surface area contributed by atoms with Crippen molar-refractivity contribution >= 4 is 87.4 Å². The van der Waals surface area contributed by atoms with Crippen LogP contribution in [0.2, 0.25) is 0 Å². The second kappa shape index (κ2) is 13.4. The topological polar surface area (TPSA) is 27.9 Å². The molecular weight excluding hydrogens is 779 g/mol. The zero-order valence-electron chi connectivity index (χ0n) is 34.6. The van der Waals surface area contributed by atoms with Crippen LogP contribution in [0.3, 0.4) is 0 Å². The molecule has 0 radical (unpaired) electrons. The number of rotatable bonds is 5. The summed E-state index contributed by atoms with van der Waals surface area (Å²) in [6, 6.07) is 81.3. The van der Waals surface area contributed by atoms with Crippen LogP contribution in [0.5, 0.6) is 0 Å². The van der Waals surface area contributed by atoms with Gasteiger partial charge in [-0.25, -0.2) is 0 Å². The smallest absolute Gasteiger partial charge is 0.136 e. The Bertz CT molecular complexity index is 4170. The van der Waals surface area contributed by atoms with Gasteiger partial charge in [-0.15, -0.1) is 0 Å². The van der Waals surface area contributed by atoms with Gasteiger partial charge in [0, 0.05) is 60.2 Å². The van der Waals surface area contributed by atoms with Gasteiger partial charge >= 0.3 is 0 Å². The summed E-state index contributed by atoms with van der Waals surface area (Å²) in [5.74, 6) is 0. The van der Waals surface area contributed by atoms with E-state index in [1.807, 2.05) is 0 Å². The molecule has 10 aromatic carbocycles. The fourth-order valence-corrected chi connectivity index (χ4v) is 10.7. The van der Waals surface area contributed by atoms with Crippen LogP contribution in [0.4, 0.5) is 0 Å². The lowest BCUT2D eigenvalue weighted by atomic mass is 9.96. The average Bonchev–Trinajstić information content (AvgIpc) is 4.10. The minimum absolute atomic E-state index is 0.881. The molecular formula is C60H37N3O. The first-order valence-electron chi connectivity index (χ1n) is 21.9. The number of hydrogen-bond acceptors (Lipinski definition) is 1. The molecule has 0 aliphatic heterocycles. The van der Waals surface area contributed by atoms with Crippen LogP contribution in [0.1, 0.15) is 0 Å². The third-order valence-corrected chi connectivity index (χ3v) is 13.4. The van der Waals surface area contributed by atoms with E-state index >= 15 is 0 Å². The van der Waals surface area contributed by atoms with Gasteiger partial charge in [0.25, 0.3) is 0 Å². The quantitative estimate of drug-likeness (QED) is 0.170. The predicted molar refractivity (Wildman–Crippen MR) is 268 cm³/mol. The van der Waals surface area contributed by atoms with E-state index in [1.165, 1.54) is 65.4 Å². The van der Waals surface area contributed by atoms with Crippen molar-refractivity contribution in [3.05, 3.63) is 224 Å². The Hall–Kier alpha value is -8.60. The standard InChI is InChI=1S/C60H37N3O/c1-4-15-41(16-5-1)61-51-24-12-10-21-45(51)48-37-40(28-32-53(48)61)44-23-14-26-57-58(44)50-36-39(29-34-56(50)64-57)38-27-31-54-49(35-38)46-30-33-55-59(60(46)63(54)43-19-8-3-9-20-43)47-22-11-13-25-52(47)62(55)42-17-6-2-7-18-42/h1-37H. The summed E-state index contributed by atoms with van der Waals surface area (Å²) in [5, 5.41) is 9.64. The summed E-state index contributed by atoms with van der Waals surface area (Å²) >= 11 is 0. The van der Waals surface area contributed by atoms with Crippen LogP contribution in [0.15, 0.2) is 229 Å². The maximum absolute atomic E-state index is 6.61. The first kappa shape index (κ1) is 35.0. The summed E-state index contributed by atoms with van der Waals surface area (Å²) in [5.41, 5.74) is 17.0. The van der Waals surface area contributed by atoms with Crippen molar-refractivity contribution in [3.63, 3.8) is 0 Å². The van der Waals surface area contributed by atoms with Gasteiger partial charge in [-0.2, -0.15) is 0 Å². The maximum atomic E-state index is 6.61. The van der Waals surface area contributed by atoms with Crippen LogP contribution in [-0.4, -0.2) is 13.7 Å². The summed E-state index contributed by atoms with van der Waals surface area (Å²) in [4.78, 5) is 0. The lowest BCUT2D eigenvalue weighted by molar-refractivity contribution is 0.669. The Balaban J connectivity index is 0.972. The number of fused-ring (bicyclic) bond motifs is 13. The van der Waals surface area contributed by atoms with Crippen LogP contribution >= 0.6 is 0 Å². The molecule has 0 unspecified atom stereocenters. The van der Waals surface area contributed by atoms with Crippen LogP contribution < -0.4 is 0 Å². The van der Waals surface area contributed by atoms with Gasteiger partial charge in [0.2, 0.25) is 0 Å². The fraction of sp³-hybridized carbons (Fsp3) is 0. The molecule has 0 aliphatic rings. The molecule has 14 aromatic rings. The molecule has 0 saturated carbocycles. The van der Waals surface area contributed by atoms with E-state index in [9.17, 15) is 0 Å². The Morgan fingerprint density at radius 2 is 0.766 bits per heavy atom. The lowest BCUT2D eigenvalue weighted by Crippen LogP contribution is -1.95. The number of aromatic nitrogens is 3. The molecule has 0 atom stereocenters. The summed E-state index contributed by atoms with van der Waals surface area (Å²) < 4.78 is 13.8. The van der Waals surface area contributed by atoms with Crippen molar-refractivity contribution in [2.24, 2.45) is 0 Å². The molecule has 0 N–H and O–H groups in total. The summed E-state index contributed by atoms with van der Waals surface area (Å²) in [6.07, 6.45) is 0. The van der Waals surface area contributed by atoms with Crippen LogP contribution in [0, 0.1) is 0 Å². The van der Waals surface area contributed by atoms with E-state index in [0.717, 1.165) is 61.3 Å². The van der Waals surface area contributed by atoms with Gasteiger partial charge in [0.05, 0.1) is 33.1 Å². The zero-order valence-corrected chi connectivity index (χ0v) is 34.6. The fourth-order valence-electron chi connectivity index (χ4n) is 10.7. The molecule has 14 rings (SSSR count). The Labute approximate surface area is 367 Å². The van der Waals surface area contributed by atoms with Crippen molar-refractivity contribution in [1.82, 2.24) is 13.7 Å². The van der Waals surface area contributed by atoms with Crippen LogP contribution in [-0.2, 0) is 0 Å². The van der Waals surface area contributed by atoms with E-state index in [4.69, 9.17) is 4.42 Å². The molecule has 0 spiro atoms. The van der Waals surface area contributed by atoms with Gasteiger partial charge in [-0.05, 0) is 119 Å². The van der Waals surface area contributed by atoms with E-state index in [2.05, 4.69) is 238 Å². The van der Waals surface area contributed by atoms with E-state index in [0.29, 0.717) is 0 Å². The number of nitrogens with zero attached hydrogens (tertiary/aromatic N) is 3. The van der Waals surface area contributed by atoms with Gasteiger partial charge in [-0.1, -0.05) is 127 Å².